The van der Waals surface area contributed by atoms with Crippen LogP contribution >= 0.6 is 24.0 Å². The van der Waals surface area contributed by atoms with E-state index in [2.05, 4.69) is 12.6 Å². The molecule has 0 fully saturated rings. The number of phenols is 1. The lowest BCUT2D eigenvalue weighted by Crippen LogP contribution is -1.80. The number of thiol groups is 1. The zero-order valence-electron chi connectivity index (χ0n) is 6.80. The van der Waals surface area contributed by atoms with E-state index >= 15 is 0 Å². The van der Waals surface area contributed by atoms with Gasteiger partial charge < -0.3 is 5.11 Å². The standard InChI is InChI=1S/C8H5NO3S2/c10-5-1-4-2-8(9(11)12)14-7(4)3-6(5)13/h1-3,10,13H. The largest absolute Gasteiger partial charge is 0.507 e. The Morgan fingerprint density at radius 1 is 1.43 bits per heavy atom. The molecule has 2 aromatic rings. The Hall–Kier alpha value is -1.27. The molecule has 14 heavy (non-hydrogen) atoms. The highest BCUT2D eigenvalue weighted by atomic mass is 32.1. The lowest BCUT2D eigenvalue weighted by atomic mass is 10.2. The van der Waals surface area contributed by atoms with Gasteiger partial charge in [0.15, 0.2) is 0 Å². The Labute approximate surface area is 88.4 Å². The molecule has 0 atom stereocenters. The Morgan fingerprint density at radius 3 is 2.79 bits per heavy atom. The van der Waals surface area contributed by atoms with Crippen molar-refractivity contribution >= 4 is 39.1 Å². The molecule has 0 saturated heterocycles. The number of benzene rings is 1. The summed E-state index contributed by atoms with van der Waals surface area (Å²) in [4.78, 5) is 10.5. The van der Waals surface area contributed by atoms with E-state index in [-0.39, 0.29) is 10.8 Å². The molecule has 0 unspecified atom stereocenters. The molecule has 0 amide bonds. The molecule has 6 heteroatoms. The van der Waals surface area contributed by atoms with Crippen LogP contribution in [0.15, 0.2) is 23.1 Å². The van der Waals surface area contributed by atoms with E-state index < -0.39 is 4.92 Å². The molecular weight excluding hydrogens is 222 g/mol. The summed E-state index contributed by atoms with van der Waals surface area (Å²) in [6.45, 7) is 0. The first kappa shape index (κ1) is 9.29. The highest BCUT2D eigenvalue weighted by molar-refractivity contribution is 7.80. The summed E-state index contributed by atoms with van der Waals surface area (Å²) in [5.74, 6) is 0.0357. The predicted molar refractivity (Wildman–Crippen MR) is 57.4 cm³/mol. The molecule has 1 N–H and O–H groups in total. The van der Waals surface area contributed by atoms with Crippen molar-refractivity contribution in [3.63, 3.8) is 0 Å². The van der Waals surface area contributed by atoms with Crippen LogP contribution in [0.3, 0.4) is 0 Å². The number of phenolic OH excluding ortho intramolecular Hbond substituents is 1. The molecular formula is C8H5NO3S2. The monoisotopic (exact) mass is 227 g/mol. The molecule has 1 heterocycles. The van der Waals surface area contributed by atoms with E-state index in [1.54, 1.807) is 6.07 Å². The third kappa shape index (κ3) is 1.42. The second-order valence-electron chi connectivity index (χ2n) is 2.72. The number of aromatic hydroxyl groups is 1. The SMILES string of the molecule is O=[N+]([O-])c1cc2cc(O)c(S)cc2s1. The Kier molecular flexibility index (Phi) is 2.09. The summed E-state index contributed by atoms with van der Waals surface area (Å²) in [5, 5.41) is 20.5. The molecule has 72 valence electrons. The first-order valence-electron chi connectivity index (χ1n) is 3.68. The van der Waals surface area contributed by atoms with Crippen LogP contribution in [0, 0.1) is 10.1 Å². The third-order valence-corrected chi connectivity index (χ3v) is 3.19. The van der Waals surface area contributed by atoms with Crippen LogP contribution in [-0.4, -0.2) is 10.0 Å². The maximum Gasteiger partial charge on any atom is 0.325 e. The van der Waals surface area contributed by atoms with Gasteiger partial charge in [-0.25, -0.2) is 0 Å². The fourth-order valence-corrected chi connectivity index (χ4v) is 2.32. The van der Waals surface area contributed by atoms with Gasteiger partial charge in [0.1, 0.15) is 5.75 Å². The normalized spacial score (nSPS) is 10.6. The number of nitrogens with zero attached hydrogens (tertiary/aromatic N) is 1. The first-order valence-corrected chi connectivity index (χ1v) is 4.94. The number of hydrogen-bond donors (Lipinski definition) is 2. The molecule has 0 spiro atoms. The molecule has 0 bridgehead atoms. The zero-order valence-corrected chi connectivity index (χ0v) is 8.51. The van der Waals surface area contributed by atoms with Crippen LogP contribution < -0.4 is 0 Å². The van der Waals surface area contributed by atoms with Crippen molar-refractivity contribution in [2.75, 3.05) is 0 Å². The molecule has 0 aliphatic rings. The van der Waals surface area contributed by atoms with Gasteiger partial charge in [0.05, 0.1) is 4.92 Å². The van der Waals surface area contributed by atoms with Crippen LogP contribution in [0.2, 0.25) is 0 Å². The first-order chi connectivity index (χ1) is 6.58. The highest BCUT2D eigenvalue weighted by Gasteiger charge is 2.12. The van der Waals surface area contributed by atoms with Gasteiger partial charge in [-0.2, -0.15) is 0 Å². The van der Waals surface area contributed by atoms with Crippen molar-refractivity contribution in [3.05, 3.63) is 28.3 Å². The fraction of sp³-hybridized carbons (Fsp3) is 0. The molecule has 4 nitrogen and oxygen atoms in total. The average Bonchev–Trinajstić information content (AvgIpc) is 2.48. The second kappa shape index (κ2) is 3.14. The van der Waals surface area contributed by atoms with Crippen molar-refractivity contribution < 1.29 is 10.0 Å². The van der Waals surface area contributed by atoms with Gasteiger partial charge in [-0.15, -0.1) is 12.6 Å². The van der Waals surface area contributed by atoms with Crippen molar-refractivity contribution in [2.24, 2.45) is 0 Å². The maximum atomic E-state index is 10.5. The summed E-state index contributed by atoms with van der Waals surface area (Å²) in [6.07, 6.45) is 0. The molecule has 2 rings (SSSR count). The topological polar surface area (TPSA) is 63.4 Å². The van der Waals surface area contributed by atoms with Gasteiger partial charge in [0.2, 0.25) is 0 Å². The van der Waals surface area contributed by atoms with Crippen LogP contribution in [0.1, 0.15) is 0 Å². The van der Waals surface area contributed by atoms with Crippen molar-refractivity contribution in [1.82, 2.24) is 0 Å². The van der Waals surface area contributed by atoms with Gasteiger partial charge in [0, 0.05) is 21.0 Å². The minimum absolute atomic E-state index is 0.0357. The van der Waals surface area contributed by atoms with E-state index in [1.807, 2.05) is 0 Å². The van der Waals surface area contributed by atoms with Gasteiger partial charge in [-0.1, -0.05) is 11.3 Å². The smallest absolute Gasteiger partial charge is 0.325 e. The lowest BCUT2D eigenvalue weighted by Gasteiger charge is -1.95. The number of fused-ring (bicyclic) bond motifs is 1. The van der Waals surface area contributed by atoms with E-state index in [9.17, 15) is 15.2 Å². The van der Waals surface area contributed by atoms with E-state index in [4.69, 9.17) is 0 Å². The average molecular weight is 227 g/mol. The number of thiophene rings is 1. The molecule has 1 aromatic heterocycles. The van der Waals surface area contributed by atoms with Gasteiger partial charge in [-0.3, -0.25) is 10.1 Å². The predicted octanol–water partition coefficient (Wildman–Crippen LogP) is 2.80. The molecule has 0 saturated carbocycles. The van der Waals surface area contributed by atoms with Gasteiger partial charge in [-0.05, 0) is 12.1 Å². The van der Waals surface area contributed by atoms with Crippen LogP contribution in [0.5, 0.6) is 5.75 Å². The minimum atomic E-state index is -0.445. The van der Waals surface area contributed by atoms with Gasteiger partial charge in [0.25, 0.3) is 0 Å². The quantitative estimate of drug-likeness (QED) is 0.447. The molecule has 0 aliphatic heterocycles. The summed E-state index contributed by atoms with van der Waals surface area (Å²) in [5.41, 5.74) is 0. The summed E-state index contributed by atoms with van der Waals surface area (Å²) in [6, 6.07) is 4.53. The van der Waals surface area contributed by atoms with E-state index in [0.29, 0.717) is 10.3 Å². The van der Waals surface area contributed by atoms with E-state index in [0.717, 1.165) is 16.0 Å². The summed E-state index contributed by atoms with van der Waals surface area (Å²) >= 11 is 5.09. The van der Waals surface area contributed by atoms with Crippen molar-refractivity contribution in [1.29, 1.82) is 0 Å². The number of hydrogen-bond acceptors (Lipinski definition) is 5. The minimum Gasteiger partial charge on any atom is -0.507 e. The van der Waals surface area contributed by atoms with Crippen LogP contribution in [-0.2, 0) is 0 Å². The number of nitro groups is 1. The maximum absolute atomic E-state index is 10.5. The van der Waals surface area contributed by atoms with Gasteiger partial charge >= 0.3 is 5.00 Å². The summed E-state index contributed by atoms with van der Waals surface area (Å²) < 4.78 is 0.750. The van der Waals surface area contributed by atoms with Crippen LogP contribution in [0.4, 0.5) is 5.00 Å². The van der Waals surface area contributed by atoms with Crippen molar-refractivity contribution in [3.8, 4) is 5.75 Å². The summed E-state index contributed by atoms with van der Waals surface area (Å²) in [7, 11) is 0. The third-order valence-electron chi connectivity index (χ3n) is 1.78. The Bertz CT molecular complexity index is 482. The molecule has 0 aliphatic carbocycles. The zero-order chi connectivity index (χ0) is 10.3. The van der Waals surface area contributed by atoms with E-state index in [1.165, 1.54) is 12.1 Å². The highest BCUT2D eigenvalue weighted by Crippen LogP contribution is 2.36. The molecule has 0 radical (unpaired) electrons. The fourth-order valence-electron chi connectivity index (χ4n) is 1.14. The Balaban J connectivity index is 2.72. The van der Waals surface area contributed by atoms with Crippen molar-refractivity contribution in [2.45, 2.75) is 4.90 Å². The molecule has 1 aromatic carbocycles. The Morgan fingerprint density at radius 2 is 2.14 bits per heavy atom. The lowest BCUT2D eigenvalue weighted by molar-refractivity contribution is -0.380. The second-order valence-corrected chi connectivity index (χ2v) is 4.26. The van der Waals surface area contributed by atoms with Crippen LogP contribution in [0.25, 0.3) is 10.1 Å². The number of rotatable bonds is 1.